The number of hydrogen-bond acceptors (Lipinski definition) is 4. The quantitative estimate of drug-likeness (QED) is 0.431. The lowest BCUT2D eigenvalue weighted by atomic mass is 9.39. The zero-order valence-corrected chi connectivity index (χ0v) is 19.3. The van der Waals surface area contributed by atoms with Crippen molar-refractivity contribution in [2.24, 2.45) is 45.8 Å². The average Bonchev–Trinajstić information content (AvgIpc) is 3.05. The minimum Gasteiger partial charge on any atom is -0.435 e. The standard InChI is InChI=1S/C26H38O4/c1-15(27)30-23-22-16(14-29-23)7-9-18-17-8-10-20-24(2,3)11-6-12-25(20,4)19(17)13-21(28)26(18,22)5/h7,17-20,22-23H,6,8-14H2,1-5H3/t17-,18-,19-,20-,22?,23-,25+,26+/m0/s1. The van der Waals surface area contributed by atoms with Gasteiger partial charge in [-0.2, -0.15) is 0 Å². The molecule has 30 heavy (non-hydrogen) atoms. The van der Waals surface area contributed by atoms with Crippen LogP contribution in [0.2, 0.25) is 0 Å². The second-order valence-electron chi connectivity index (χ2n) is 12.0. The van der Waals surface area contributed by atoms with E-state index >= 15 is 0 Å². The van der Waals surface area contributed by atoms with Crippen molar-refractivity contribution in [3.8, 4) is 0 Å². The highest BCUT2D eigenvalue weighted by molar-refractivity contribution is 5.87. The molecule has 5 aliphatic rings. The molecule has 4 fully saturated rings. The summed E-state index contributed by atoms with van der Waals surface area (Å²) in [5.41, 5.74) is 1.34. The lowest BCUT2D eigenvalue weighted by molar-refractivity contribution is -0.198. The molecule has 0 N–H and O–H groups in total. The van der Waals surface area contributed by atoms with Crippen LogP contribution in [-0.2, 0) is 19.1 Å². The Hall–Kier alpha value is -1.16. The predicted octanol–water partition coefficient (Wildman–Crippen LogP) is 5.31. The van der Waals surface area contributed by atoms with Crippen molar-refractivity contribution in [3.05, 3.63) is 11.6 Å². The van der Waals surface area contributed by atoms with Gasteiger partial charge in [-0.1, -0.05) is 40.2 Å². The topological polar surface area (TPSA) is 52.6 Å². The number of hydrogen-bond donors (Lipinski definition) is 0. The molecule has 4 heteroatoms. The molecule has 0 spiro atoms. The van der Waals surface area contributed by atoms with Gasteiger partial charge in [0.25, 0.3) is 0 Å². The number of Topliss-reactive ketones (excluding diaryl/α,β-unsaturated/α-hetero) is 1. The first kappa shape index (κ1) is 20.7. The third-order valence-electron chi connectivity index (χ3n) is 10.4. The lowest BCUT2D eigenvalue weighted by Gasteiger charge is -2.64. The van der Waals surface area contributed by atoms with Gasteiger partial charge in [0.15, 0.2) is 0 Å². The van der Waals surface area contributed by atoms with Crippen molar-refractivity contribution in [1.29, 1.82) is 0 Å². The number of rotatable bonds is 1. The zero-order valence-electron chi connectivity index (χ0n) is 19.3. The number of ether oxygens (including phenoxy) is 2. The van der Waals surface area contributed by atoms with Gasteiger partial charge in [-0.25, -0.2) is 0 Å². The molecule has 1 saturated heterocycles. The normalized spacial score (nSPS) is 49.2. The van der Waals surface area contributed by atoms with Crippen LogP contribution in [0.4, 0.5) is 0 Å². The third kappa shape index (κ3) is 2.68. The summed E-state index contributed by atoms with van der Waals surface area (Å²) >= 11 is 0. The SMILES string of the molecule is CC(=O)O[C@@H]1OCC2=CC[C@H]3[C@@H]4CC[C@H]5C(C)(C)CCC[C@]5(C)[C@H]4CC(=O)[C@]3(C)C21. The Kier molecular flexibility index (Phi) is 4.61. The number of carbonyl (C=O) groups excluding carboxylic acids is 2. The monoisotopic (exact) mass is 414 g/mol. The molecule has 8 atom stereocenters. The Morgan fingerprint density at radius 2 is 1.90 bits per heavy atom. The van der Waals surface area contributed by atoms with Gasteiger partial charge >= 0.3 is 5.97 Å². The highest BCUT2D eigenvalue weighted by Gasteiger charge is 2.66. The molecule has 0 amide bonds. The van der Waals surface area contributed by atoms with Gasteiger partial charge < -0.3 is 9.47 Å². The molecule has 3 saturated carbocycles. The van der Waals surface area contributed by atoms with E-state index in [0.717, 1.165) is 12.3 Å². The molecule has 0 aromatic heterocycles. The number of fused-ring (bicyclic) bond motifs is 7. The van der Waals surface area contributed by atoms with E-state index in [1.54, 1.807) is 0 Å². The van der Waals surface area contributed by atoms with E-state index in [-0.39, 0.29) is 17.3 Å². The van der Waals surface area contributed by atoms with Crippen molar-refractivity contribution >= 4 is 11.8 Å². The molecule has 0 bridgehead atoms. The molecule has 1 heterocycles. The van der Waals surface area contributed by atoms with Crippen LogP contribution in [0.5, 0.6) is 0 Å². The fraction of sp³-hybridized carbons (Fsp3) is 0.846. The second kappa shape index (κ2) is 6.67. The van der Waals surface area contributed by atoms with Crippen LogP contribution in [0.25, 0.3) is 0 Å². The fourth-order valence-corrected chi connectivity index (χ4v) is 9.08. The third-order valence-corrected chi connectivity index (χ3v) is 10.4. The van der Waals surface area contributed by atoms with Crippen LogP contribution >= 0.6 is 0 Å². The number of ketones is 1. The van der Waals surface area contributed by atoms with Gasteiger partial charge in [0.05, 0.1) is 12.5 Å². The number of allylic oxidation sites excluding steroid dienone is 1. The maximum absolute atomic E-state index is 13.9. The molecule has 4 aliphatic carbocycles. The predicted molar refractivity (Wildman–Crippen MR) is 114 cm³/mol. The van der Waals surface area contributed by atoms with Crippen LogP contribution in [0.1, 0.15) is 79.6 Å². The molecular weight excluding hydrogens is 376 g/mol. The largest absolute Gasteiger partial charge is 0.435 e. The molecule has 0 aromatic carbocycles. The van der Waals surface area contributed by atoms with Crippen LogP contribution in [0, 0.1) is 45.8 Å². The Labute approximate surface area is 181 Å². The van der Waals surface area contributed by atoms with Gasteiger partial charge in [0.1, 0.15) is 5.78 Å². The Balaban J connectivity index is 1.52. The van der Waals surface area contributed by atoms with E-state index in [2.05, 4.69) is 33.8 Å². The van der Waals surface area contributed by atoms with Crippen LogP contribution in [0.15, 0.2) is 11.6 Å². The number of carbonyl (C=O) groups is 2. The summed E-state index contributed by atoms with van der Waals surface area (Å²) in [6.45, 7) is 11.5. The summed E-state index contributed by atoms with van der Waals surface area (Å²) in [4.78, 5) is 25.6. The van der Waals surface area contributed by atoms with E-state index in [4.69, 9.17) is 9.47 Å². The Morgan fingerprint density at radius 3 is 2.63 bits per heavy atom. The highest BCUT2D eigenvalue weighted by atomic mass is 16.7. The molecule has 0 radical (unpaired) electrons. The van der Waals surface area contributed by atoms with Gasteiger partial charge in [-0.05, 0) is 72.2 Å². The maximum atomic E-state index is 13.9. The molecule has 0 aromatic rings. The average molecular weight is 415 g/mol. The Bertz CT molecular complexity index is 797. The number of esters is 1. The van der Waals surface area contributed by atoms with E-state index < -0.39 is 11.7 Å². The second-order valence-corrected chi connectivity index (χ2v) is 12.0. The zero-order chi connectivity index (χ0) is 21.5. The summed E-state index contributed by atoms with van der Waals surface area (Å²) < 4.78 is 11.4. The van der Waals surface area contributed by atoms with Gasteiger partial charge in [0.2, 0.25) is 6.29 Å². The summed E-state index contributed by atoms with van der Waals surface area (Å²) in [5.74, 6) is 2.07. The minimum absolute atomic E-state index is 0.109. The van der Waals surface area contributed by atoms with Crippen molar-refractivity contribution in [1.82, 2.24) is 0 Å². The molecule has 1 unspecified atom stereocenters. The molecular formula is C26H38O4. The van der Waals surface area contributed by atoms with Crippen LogP contribution in [-0.4, -0.2) is 24.6 Å². The van der Waals surface area contributed by atoms with Crippen LogP contribution < -0.4 is 0 Å². The van der Waals surface area contributed by atoms with E-state index in [1.807, 2.05) is 0 Å². The van der Waals surface area contributed by atoms with Gasteiger partial charge in [-0.3, -0.25) is 9.59 Å². The summed E-state index contributed by atoms with van der Waals surface area (Å²) in [6, 6.07) is 0. The summed E-state index contributed by atoms with van der Waals surface area (Å²) in [5, 5.41) is 0. The first-order chi connectivity index (χ1) is 14.1. The van der Waals surface area contributed by atoms with Crippen molar-refractivity contribution in [2.75, 3.05) is 6.61 Å². The van der Waals surface area contributed by atoms with Crippen molar-refractivity contribution in [3.63, 3.8) is 0 Å². The summed E-state index contributed by atoms with van der Waals surface area (Å²) in [7, 11) is 0. The van der Waals surface area contributed by atoms with E-state index in [0.29, 0.717) is 42.0 Å². The smallest absolute Gasteiger partial charge is 0.304 e. The lowest BCUT2D eigenvalue weighted by Crippen LogP contribution is -2.61. The minimum atomic E-state index is -0.609. The van der Waals surface area contributed by atoms with E-state index in [9.17, 15) is 9.59 Å². The molecule has 4 nitrogen and oxygen atoms in total. The maximum Gasteiger partial charge on any atom is 0.304 e. The first-order valence-electron chi connectivity index (χ1n) is 12.1. The molecule has 5 rings (SSSR count). The molecule has 1 aliphatic heterocycles. The first-order valence-corrected chi connectivity index (χ1v) is 12.1. The fourth-order valence-electron chi connectivity index (χ4n) is 9.08. The van der Waals surface area contributed by atoms with Crippen LogP contribution in [0.3, 0.4) is 0 Å². The summed E-state index contributed by atoms with van der Waals surface area (Å²) in [6.07, 6.45) is 9.75. The van der Waals surface area contributed by atoms with Gasteiger partial charge in [0, 0.05) is 18.8 Å². The highest BCUT2D eigenvalue weighted by Crippen LogP contribution is 2.68. The van der Waals surface area contributed by atoms with Gasteiger partial charge in [-0.15, -0.1) is 0 Å². The van der Waals surface area contributed by atoms with Crippen molar-refractivity contribution in [2.45, 2.75) is 85.9 Å². The van der Waals surface area contributed by atoms with Crippen molar-refractivity contribution < 1.29 is 19.1 Å². The Morgan fingerprint density at radius 1 is 1.13 bits per heavy atom. The van der Waals surface area contributed by atoms with E-state index in [1.165, 1.54) is 44.6 Å². The molecule has 166 valence electrons.